The van der Waals surface area contributed by atoms with E-state index in [9.17, 15) is 14.7 Å². The van der Waals surface area contributed by atoms with Crippen LogP contribution in [0, 0.1) is 5.92 Å². The van der Waals surface area contributed by atoms with Crippen LogP contribution in [0.4, 0.5) is 0 Å². The molecule has 3 rings (SSSR count). The molecule has 1 heterocycles. The minimum absolute atomic E-state index is 0.0875. The first kappa shape index (κ1) is 20.8. The second-order valence-electron chi connectivity index (χ2n) is 6.38. The normalized spacial score (nSPS) is 12.9. The van der Waals surface area contributed by atoms with Crippen LogP contribution < -0.4 is 4.74 Å². The highest BCUT2D eigenvalue weighted by molar-refractivity contribution is 9.10. The summed E-state index contributed by atoms with van der Waals surface area (Å²) < 4.78 is 11.4. The lowest BCUT2D eigenvalue weighted by atomic mass is 9.80. The first-order valence-electron chi connectivity index (χ1n) is 9.04. The molecule has 0 aliphatic rings. The Hall–Kier alpha value is -2.93. The lowest BCUT2D eigenvalue weighted by molar-refractivity contribution is -0.159. The molecule has 0 amide bonds. The molecule has 1 aromatic heterocycles. The van der Waals surface area contributed by atoms with Gasteiger partial charge in [0.1, 0.15) is 0 Å². The standard InChI is InChI=1S/C22H20BrNO5/c1-3-29-22(27)19(21(25)26)18(13-7-5-4-6-8-13)16-12-14-11-15(23)9-10-17(14)24-20(16)28-2/h4-12,18-19H,3H2,1-2H3,(H,25,26). The van der Waals surface area contributed by atoms with Crippen LogP contribution >= 0.6 is 15.9 Å². The molecule has 150 valence electrons. The number of carboxylic acid groups (broad SMARTS) is 1. The molecule has 2 unspecified atom stereocenters. The van der Waals surface area contributed by atoms with Crippen LogP contribution in [0.2, 0.25) is 0 Å². The third-order valence-electron chi connectivity index (χ3n) is 4.60. The molecular weight excluding hydrogens is 438 g/mol. The number of pyridine rings is 1. The summed E-state index contributed by atoms with van der Waals surface area (Å²) in [7, 11) is 1.47. The minimum Gasteiger partial charge on any atom is -0.481 e. The Balaban J connectivity index is 2.28. The van der Waals surface area contributed by atoms with Gasteiger partial charge >= 0.3 is 11.9 Å². The van der Waals surface area contributed by atoms with Crippen LogP contribution in [0.1, 0.15) is 24.0 Å². The van der Waals surface area contributed by atoms with Gasteiger partial charge < -0.3 is 14.6 Å². The number of carbonyl (C=O) groups excluding carboxylic acids is 1. The fourth-order valence-corrected chi connectivity index (χ4v) is 3.73. The average Bonchev–Trinajstić information content (AvgIpc) is 2.71. The molecule has 0 saturated heterocycles. The van der Waals surface area contributed by atoms with Crippen molar-refractivity contribution >= 4 is 38.8 Å². The highest BCUT2D eigenvalue weighted by Crippen LogP contribution is 2.39. The number of halogens is 1. The van der Waals surface area contributed by atoms with Crippen molar-refractivity contribution in [3.05, 3.63) is 70.2 Å². The number of fused-ring (bicyclic) bond motifs is 1. The zero-order valence-electron chi connectivity index (χ0n) is 16.0. The number of ether oxygens (including phenoxy) is 2. The summed E-state index contributed by atoms with van der Waals surface area (Å²) in [6.45, 7) is 1.73. The van der Waals surface area contributed by atoms with E-state index in [2.05, 4.69) is 20.9 Å². The Morgan fingerprint density at radius 3 is 2.48 bits per heavy atom. The molecule has 0 bridgehead atoms. The van der Waals surface area contributed by atoms with Crippen LogP contribution in [0.5, 0.6) is 5.88 Å². The van der Waals surface area contributed by atoms with E-state index in [1.165, 1.54) is 7.11 Å². The van der Waals surface area contributed by atoms with Gasteiger partial charge in [-0.2, -0.15) is 0 Å². The van der Waals surface area contributed by atoms with Crippen molar-refractivity contribution < 1.29 is 24.2 Å². The van der Waals surface area contributed by atoms with Gasteiger partial charge in [0.25, 0.3) is 0 Å². The summed E-state index contributed by atoms with van der Waals surface area (Å²) in [5, 5.41) is 10.7. The summed E-state index contributed by atoms with van der Waals surface area (Å²) in [5.74, 6) is -4.08. The molecule has 0 fully saturated rings. The largest absolute Gasteiger partial charge is 0.481 e. The van der Waals surface area contributed by atoms with Crippen molar-refractivity contribution in [1.29, 1.82) is 0 Å². The van der Waals surface area contributed by atoms with E-state index >= 15 is 0 Å². The molecule has 0 aliphatic heterocycles. The fourth-order valence-electron chi connectivity index (χ4n) is 3.36. The number of hydrogen-bond acceptors (Lipinski definition) is 5. The van der Waals surface area contributed by atoms with Crippen LogP contribution in [0.15, 0.2) is 59.1 Å². The molecule has 29 heavy (non-hydrogen) atoms. The van der Waals surface area contributed by atoms with E-state index in [0.717, 1.165) is 9.86 Å². The molecule has 2 aromatic carbocycles. The average molecular weight is 458 g/mol. The first-order valence-corrected chi connectivity index (χ1v) is 9.84. The van der Waals surface area contributed by atoms with Crippen LogP contribution in [0.3, 0.4) is 0 Å². The molecule has 0 spiro atoms. The molecule has 1 N–H and O–H groups in total. The molecule has 3 aromatic rings. The number of aromatic nitrogens is 1. The number of carbonyl (C=O) groups is 2. The number of esters is 1. The summed E-state index contributed by atoms with van der Waals surface area (Å²) >= 11 is 3.44. The highest BCUT2D eigenvalue weighted by Gasteiger charge is 2.40. The van der Waals surface area contributed by atoms with Crippen LogP contribution in [-0.4, -0.2) is 35.7 Å². The lowest BCUT2D eigenvalue weighted by Gasteiger charge is -2.25. The number of nitrogens with zero attached hydrogens (tertiary/aromatic N) is 1. The minimum atomic E-state index is -1.45. The van der Waals surface area contributed by atoms with Gasteiger partial charge in [-0.15, -0.1) is 0 Å². The van der Waals surface area contributed by atoms with Gasteiger partial charge in [0, 0.05) is 21.3 Å². The predicted molar refractivity (Wildman–Crippen MR) is 112 cm³/mol. The van der Waals surface area contributed by atoms with Gasteiger partial charge in [0.2, 0.25) is 5.88 Å². The van der Waals surface area contributed by atoms with Crippen molar-refractivity contribution in [2.75, 3.05) is 13.7 Å². The van der Waals surface area contributed by atoms with Crippen molar-refractivity contribution in [3.63, 3.8) is 0 Å². The van der Waals surface area contributed by atoms with Crippen molar-refractivity contribution in [3.8, 4) is 5.88 Å². The number of benzene rings is 2. The zero-order valence-corrected chi connectivity index (χ0v) is 17.5. The fraction of sp³-hybridized carbons (Fsp3) is 0.227. The summed E-state index contributed by atoms with van der Waals surface area (Å²) in [4.78, 5) is 29.3. The van der Waals surface area contributed by atoms with Crippen molar-refractivity contribution in [2.24, 2.45) is 5.92 Å². The molecule has 0 radical (unpaired) electrons. The van der Waals surface area contributed by atoms with E-state index in [1.54, 1.807) is 31.2 Å². The summed E-state index contributed by atoms with van der Waals surface area (Å²) in [6.07, 6.45) is 0. The number of aliphatic carboxylic acids is 1. The number of hydrogen-bond donors (Lipinski definition) is 1. The monoisotopic (exact) mass is 457 g/mol. The van der Waals surface area contributed by atoms with E-state index in [4.69, 9.17) is 9.47 Å². The number of methoxy groups -OCH3 is 1. The molecule has 7 heteroatoms. The van der Waals surface area contributed by atoms with Crippen LogP contribution in [-0.2, 0) is 14.3 Å². The second kappa shape index (κ2) is 9.05. The smallest absolute Gasteiger partial charge is 0.321 e. The Labute approximate surface area is 176 Å². The third-order valence-corrected chi connectivity index (χ3v) is 5.09. The molecule has 0 aliphatic carbocycles. The summed E-state index contributed by atoms with van der Waals surface area (Å²) in [5.41, 5.74) is 1.86. The maximum absolute atomic E-state index is 12.6. The Morgan fingerprint density at radius 1 is 1.14 bits per heavy atom. The number of rotatable bonds is 7. The number of carboxylic acids is 1. The van der Waals surface area contributed by atoms with E-state index in [1.807, 2.05) is 30.3 Å². The maximum Gasteiger partial charge on any atom is 0.321 e. The van der Waals surface area contributed by atoms with Gasteiger partial charge in [-0.25, -0.2) is 4.98 Å². The molecule has 6 nitrogen and oxygen atoms in total. The quantitative estimate of drug-likeness (QED) is 0.417. The SMILES string of the molecule is CCOC(=O)C(C(=O)O)C(c1ccccc1)c1cc2cc(Br)ccc2nc1OC. The maximum atomic E-state index is 12.6. The zero-order chi connectivity index (χ0) is 21.0. The Morgan fingerprint density at radius 2 is 1.86 bits per heavy atom. The first-order chi connectivity index (χ1) is 14.0. The van der Waals surface area contributed by atoms with Crippen LogP contribution in [0.25, 0.3) is 10.9 Å². The molecule has 2 atom stereocenters. The summed E-state index contributed by atoms with van der Waals surface area (Å²) in [6, 6.07) is 16.4. The topological polar surface area (TPSA) is 85.7 Å². The van der Waals surface area contributed by atoms with Gasteiger partial charge in [-0.1, -0.05) is 46.3 Å². The molecular formula is C22H20BrNO5. The van der Waals surface area contributed by atoms with Gasteiger partial charge in [0.05, 0.1) is 19.2 Å². The van der Waals surface area contributed by atoms with E-state index in [-0.39, 0.29) is 12.5 Å². The van der Waals surface area contributed by atoms with Gasteiger partial charge in [-0.05, 0) is 36.8 Å². The van der Waals surface area contributed by atoms with Crippen molar-refractivity contribution in [2.45, 2.75) is 12.8 Å². The predicted octanol–water partition coefficient (Wildman–Crippen LogP) is 4.40. The second-order valence-corrected chi connectivity index (χ2v) is 7.30. The van der Waals surface area contributed by atoms with Gasteiger partial charge in [-0.3, -0.25) is 9.59 Å². The van der Waals surface area contributed by atoms with Crippen molar-refractivity contribution in [1.82, 2.24) is 4.98 Å². The Kier molecular flexibility index (Phi) is 6.49. The lowest BCUT2D eigenvalue weighted by Crippen LogP contribution is -2.32. The third kappa shape index (κ3) is 4.40. The Bertz CT molecular complexity index is 1040. The van der Waals surface area contributed by atoms with E-state index in [0.29, 0.717) is 16.6 Å². The van der Waals surface area contributed by atoms with Gasteiger partial charge in [0.15, 0.2) is 5.92 Å². The molecule has 0 saturated carbocycles. The van der Waals surface area contributed by atoms with E-state index < -0.39 is 23.8 Å². The highest BCUT2D eigenvalue weighted by atomic mass is 79.9.